The summed E-state index contributed by atoms with van der Waals surface area (Å²) in [5, 5.41) is 0. The average molecular weight is 615 g/mol. The quantitative estimate of drug-likeness (QED) is 0.0745. The lowest BCUT2D eigenvalue weighted by molar-refractivity contribution is 0.314. The standard InChI is InChI=1S/C33H69N.C9H13N/c1-4-6-8-10-12-14-16-18-20-22-24-26-28-30-32-34(3)33-31-29-27-25-23-21-19-17-15-13-11-9-7-5-2;1-10(2)8-9-6-4-3-5-7-9/h4-33H2,1-3H3;3-7H,8H2,1-2H3. The molecule has 44 heavy (non-hydrogen) atoms. The van der Waals surface area contributed by atoms with Crippen LogP contribution in [0, 0.1) is 0 Å². The Kier molecular flexibility index (Phi) is 35.9. The fourth-order valence-corrected chi connectivity index (χ4v) is 6.21. The van der Waals surface area contributed by atoms with Gasteiger partial charge in [0, 0.05) is 6.54 Å². The van der Waals surface area contributed by atoms with Crippen LogP contribution in [0.1, 0.15) is 199 Å². The maximum Gasteiger partial charge on any atom is 0.0227 e. The van der Waals surface area contributed by atoms with Crippen molar-refractivity contribution in [3.8, 4) is 0 Å². The van der Waals surface area contributed by atoms with Crippen LogP contribution in [0.4, 0.5) is 0 Å². The lowest BCUT2D eigenvalue weighted by Gasteiger charge is -2.16. The van der Waals surface area contributed by atoms with Crippen LogP contribution >= 0.6 is 0 Å². The van der Waals surface area contributed by atoms with Gasteiger partial charge in [0.25, 0.3) is 0 Å². The topological polar surface area (TPSA) is 6.48 Å². The third-order valence-corrected chi connectivity index (χ3v) is 9.13. The summed E-state index contributed by atoms with van der Waals surface area (Å²) in [6, 6.07) is 10.5. The zero-order valence-corrected chi connectivity index (χ0v) is 31.2. The van der Waals surface area contributed by atoms with Crippen LogP contribution in [0.15, 0.2) is 30.3 Å². The molecule has 0 fully saturated rings. The Morgan fingerprint density at radius 1 is 0.364 bits per heavy atom. The molecule has 0 bridgehead atoms. The largest absolute Gasteiger partial charge is 0.306 e. The molecule has 0 saturated carbocycles. The molecule has 0 heterocycles. The zero-order chi connectivity index (χ0) is 32.2. The fraction of sp³-hybridized carbons (Fsp3) is 0.857. The van der Waals surface area contributed by atoms with Gasteiger partial charge in [0.05, 0.1) is 0 Å². The third kappa shape index (κ3) is 35.6. The minimum Gasteiger partial charge on any atom is -0.306 e. The molecule has 2 nitrogen and oxygen atoms in total. The first kappa shape index (κ1) is 43.1. The SMILES string of the molecule is CCCCCCCCCCCCCCCCN(C)CCCCCCCCCCCCCCCC.CN(C)Cc1ccccc1. The van der Waals surface area contributed by atoms with E-state index in [0.29, 0.717) is 0 Å². The van der Waals surface area contributed by atoms with Gasteiger partial charge < -0.3 is 9.80 Å². The summed E-state index contributed by atoms with van der Waals surface area (Å²) in [5.41, 5.74) is 1.37. The van der Waals surface area contributed by atoms with Gasteiger partial charge in [0.15, 0.2) is 0 Å². The van der Waals surface area contributed by atoms with Gasteiger partial charge in [-0.15, -0.1) is 0 Å². The van der Waals surface area contributed by atoms with E-state index in [9.17, 15) is 0 Å². The summed E-state index contributed by atoms with van der Waals surface area (Å²) in [5.74, 6) is 0. The molecule has 0 N–H and O–H groups in total. The first-order chi connectivity index (χ1) is 21.6. The Bertz CT molecular complexity index is 596. The Labute approximate surface area is 279 Å². The van der Waals surface area contributed by atoms with Gasteiger partial charge >= 0.3 is 0 Å². The van der Waals surface area contributed by atoms with E-state index >= 15 is 0 Å². The fourth-order valence-electron chi connectivity index (χ4n) is 6.21. The molecule has 1 aromatic carbocycles. The molecule has 0 aromatic heterocycles. The Morgan fingerprint density at radius 3 is 0.909 bits per heavy atom. The first-order valence-corrected chi connectivity index (χ1v) is 20.0. The number of hydrogen-bond donors (Lipinski definition) is 0. The molecule has 260 valence electrons. The van der Waals surface area contributed by atoms with Crippen molar-refractivity contribution in [2.24, 2.45) is 0 Å². The second kappa shape index (κ2) is 36.6. The Hall–Kier alpha value is -0.860. The van der Waals surface area contributed by atoms with Crippen molar-refractivity contribution in [2.75, 3.05) is 34.2 Å². The van der Waals surface area contributed by atoms with Crippen LogP contribution in [0.3, 0.4) is 0 Å². The number of rotatable bonds is 32. The predicted octanol–water partition coefficient (Wildman–Crippen LogP) is 13.6. The highest BCUT2D eigenvalue weighted by Crippen LogP contribution is 2.15. The van der Waals surface area contributed by atoms with E-state index in [2.05, 4.69) is 69.1 Å². The minimum atomic E-state index is 1.03. The van der Waals surface area contributed by atoms with Crippen molar-refractivity contribution in [2.45, 2.75) is 200 Å². The molecule has 0 radical (unpaired) electrons. The highest BCUT2D eigenvalue weighted by molar-refractivity contribution is 5.14. The summed E-state index contributed by atoms with van der Waals surface area (Å²) >= 11 is 0. The van der Waals surface area contributed by atoms with E-state index in [1.165, 1.54) is 198 Å². The van der Waals surface area contributed by atoms with Crippen molar-refractivity contribution in [3.05, 3.63) is 35.9 Å². The summed E-state index contributed by atoms with van der Waals surface area (Å²) in [7, 11) is 6.49. The van der Waals surface area contributed by atoms with Gasteiger partial charge in [-0.25, -0.2) is 0 Å². The summed E-state index contributed by atoms with van der Waals surface area (Å²) in [6.07, 6.45) is 40.8. The molecule has 1 rings (SSSR count). The Morgan fingerprint density at radius 2 is 0.636 bits per heavy atom. The summed E-state index contributed by atoms with van der Waals surface area (Å²) in [6.45, 7) is 8.27. The molecule has 0 unspecified atom stereocenters. The van der Waals surface area contributed by atoms with E-state index in [4.69, 9.17) is 0 Å². The van der Waals surface area contributed by atoms with Crippen LogP contribution in [-0.2, 0) is 6.54 Å². The Balaban J connectivity index is 0.00000155. The van der Waals surface area contributed by atoms with Gasteiger partial charge in [0.1, 0.15) is 0 Å². The monoisotopic (exact) mass is 615 g/mol. The number of unbranched alkanes of at least 4 members (excludes halogenated alkanes) is 26. The molecular formula is C42H82N2. The predicted molar refractivity (Wildman–Crippen MR) is 202 cm³/mol. The number of benzene rings is 1. The van der Waals surface area contributed by atoms with E-state index < -0.39 is 0 Å². The van der Waals surface area contributed by atoms with Crippen molar-refractivity contribution >= 4 is 0 Å². The molecular weight excluding hydrogens is 532 g/mol. The number of hydrogen-bond acceptors (Lipinski definition) is 2. The highest BCUT2D eigenvalue weighted by Gasteiger charge is 2.00. The minimum absolute atomic E-state index is 1.03. The summed E-state index contributed by atoms with van der Waals surface area (Å²) < 4.78 is 0. The maximum absolute atomic E-state index is 2.58. The summed E-state index contributed by atoms with van der Waals surface area (Å²) in [4.78, 5) is 4.75. The second-order valence-electron chi connectivity index (χ2n) is 14.2. The molecule has 0 aliphatic heterocycles. The normalized spacial score (nSPS) is 11.3. The molecule has 0 saturated heterocycles. The third-order valence-electron chi connectivity index (χ3n) is 9.13. The molecule has 2 heteroatoms. The van der Waals surface area contributed by atoms with E-state index in [1.807, 2.05) is 6.07 Å². The van der Waals surface area contributed by atoms with Crippen LogP contribution < -0.4 is 0 Å². The smallest absolute Gasteiger partial charge is 0.0227 e. The van der Waals surface area contributed by atoms with E-state index in [0.717, 1.165) is 6.54 Å². The van der Waals surface area contributed by atoms with Crippen molar-refractivity contribution in [3.63, 3.8) is 0 Å². The maximum atomic E-state index is 2.58. The highest BCUT2D eigenvalue weighted by atomic mass is 15.1. The lowest BCUT2D eigenvalue weighted by atomic mass is 10.0. The molecule has 0 aliphatic carbocycles. The zero-order valence-electron chi connectivity index (χ0n) is 31.2. The van der Waals surface area contributed by atoms with Crippen LogP contribution in [0.5, 0.6) is 0 Å². The molecule has 0 amide bonds. The number of nitrogens with zero attached hydrogens (tertiary/aromatic N) is 2. The second-order valence-corrected chi connectivity index (χ2v) is 14.2. The molecule has 0 atom stereocenters. The van der Waals surface area contributed by atoms with Crippen LogP contribution in [0.2, 0.25) is 0 Å². The van der Waals surface area contributed by atoms with Gasteiger partial charge in [-0.3, -0.25) is 0 Å². The van der Waals surface area contributed by atoms with Crippen molar-refractivity contribution < 1.29 is 0 Å². The molecule has 0 spiro atoms. The van der Waals surface area contributed by atoms with Crippen molar-refractivity contribution in [1.29, 1.82) is 0 Å². The van der Waals surface area contributed by atoms with Crippen molar-refractivity contribution in [1.82, 2.24) is 9.80 Å². The van der Waals surface area contributed by atoms with E-state index in [1.54, 1.807) is 0 Å². The average Bonchev–Trinajstić information content (AvgIpc) is 3.02. The van der Waals surface area contributed by atoms with E-state index in [-0.39, 0.29) is 0 Å². The van der Waals surface area contributed by atoms with Gasteiger partial charge in [0.2, 0.25) is 0 Å². The molecule has 0 aliphatic rings. The molecule has 1 aromatic rings. The van der Waals surface area contributed by atoms with Gasteiger partial charge in [-0.1, -0.05) is 211 Å². The van der Waals surface area contributed by atoms with Gasteiger partial charge in [-0.2, -0.15) is 0 Å². The lowest BCUT2D eigenvalue weighted by Crippen LogP contribution is -2.20. The van der Waals surface area contributed by atoms with Gasteiger partial charge in [-0.05, 0) is 52.6 Å². The first-order valence-electron chi connectivity index (χ1n) is 20.0. The van der Waals surface area contributed by atoms with Crippen LogP contribution in [-0.4, -0.2) is 44.0 Å². The van der Waals surface area contributed by atoms with Crippen LogP contribution in [0.25, 0.3) is 0 Å².